The van der Waals surface area contributed by atoms with Gasteiger partial charge in [-0.2, -0.15) is 0 Å². The van der Waals surface area contributed by atoms with E-state index in [1.54, 1.807) is 0 Å². The van der Waals surface area contributed by atoms with Crippen molar-refractivity contribution in [2.45, 2.75) is 84.0 Å². The van der Waals surface area contributed by atoms with E-state index in [9.17, 15) is 0 Å². The van der Waals surface area contributed by atoms with Gasteiger partial charge in [0.2, 0.25) is 0 Å². The standard InChI is InChI=1S/C17H34OSi/c1-6-7-8-9-10-11-12-19(4,5)18-17-13-15(2)16(3)14-17/h6,15-17H,1,7-14H2,2-5H3. The molecule has 1 aliphatic rings. The third-order valence-electron chi connectivity index (χ3n) is 4.66. The van der Waals surface area contributed by atoms with Gasteiger partial charge in [0.05, 0.1) is 0 Å². The van der Waals surface area contributed by atoms with Crippen LogP contribution in [0.15, 0.2) is 12.7 Å². The molecule has 1 aliphatic carbocycles. The van der Waals surface area contributed by atoms with Crippen molar-refractivity contribution in [3.8, 4) is 0 Å². The van der Waals surface area contributed by atoms with Crippen LogP contribution in [0, 0.1) is 11.8 Å². The maximum absolute atomic E-state index is 6.49. The summed E-state index contributed by atoms with van der Waals surface area (Å²) in [5.41, 5.74) is 0. The minimum absolute atomic E-state index is 0.562. The largest absolute Gasteiger partial charge is 0.414 e. The Labute approximate surface area is 122 Å². The Morgan fingerprint density at radius 3 is 2.21 bits per heavy atom. The van der Waals surface area contributed by atoms with Gasteiger partial charge in [0.25, 0.3) is 0 Å². The average Bonchev–Trinajstić information content (AvgIpc) is 2.62. The van der Waals surface area contributed by atoms with E-state index in [0.717, 1.165) is 11.8 Å². The molecule has 0 heterocycles. The van der Waals surface area contributed by atoms with Crippen LogP contribution >= 0.6 is 0 Å². The summed E-state index contributed by atoms with van der Waals surface area (Å²) in [4.78, 5) is 0. The molecule has 19 heavy (non-hydrogen) atoms. The zero-order valence-corrected chi connectivity index (χ0v) is 14.6. The Kier molecular flexibility index (Phi) is 7.38. The van der Waals surface area contributed by atoms with Gasteiger partial charge in [0, 0.05) is 6.10 Å². The Bertz CT molecular complexity index is 252. The summed E-state index contributed by atoms with van der Waals surface area (Å²) in [5.74, 6) is 1.71. The number of hydrogen-bond acceptors (Lipinski definition) is 1. The third-order valence-corrected chi connectivity index (χ3v) is 7.19. The van der Waals surface area contributed by atoms with Gasteiger partial charge in [-0.15, -0.1) is 6.58 Å². The lowest BCUT2D eigenvalue weighted by molar-refractivity contribution is 0.192. The SMILES string of the molecule is C=CCCCCCC[Si](C)(C)OC1CC(C)C(C)C1. The van der Waals surface area contributed by atoms with Gasteiger partial charge in [0.1, 0.15) is 0 Å². The molecule has 1 saturated carbocycles. The van der Waals surface area contributed by atoms with Crippen LogP contribution in [0.4, 0.5) is 0 Å². The van der Waals surface area contributed by atoms with Crippen LogP contribution in [0.5, 0.6) is 0 Å². The van der Waals surface area contributed by atoms with E-state index < -0.39 is 8.32 Å². The molecule has 0 amide bonds. The van der Waals surface area contributed by atoms with Gasteiger partial charge < -0.3 is 4.43 Å². The molecule has 0 bridgehead atoms. The highest BCUT2D eigenvalue weighted by Gasteiger charge is 2.33. The quantitative estimate of drug-likeness (QED) is 0.296. The van der Waals surface area contributed by atoms with Crippen LogP contribution in [-0.2, 0) is 4.43 Å². The molecule has 1 rings (SSSR count). The first-order chi connectivity index (χ1) is 8.94. The highest BCUT2D eigenvalue weighted by molar-refractivity contribution is 6.71. The maximum Gasteiger partial charge on any atom is 0.187 e. The monoisotopic (exact) mass is 282 g/mol. The molecule has 0 aliphatic heterocycles. The summed E-state index contributed by atoms with van der Waals surface area (Å²) in [7, 11) is -1.42. The van der Waals surface area contributed by atoms with Crippen molar-refractivity contribution in [2.24, 2.45) is 11.8 Å². The fraction of sp³-hybridized carbons (Fsp3) is 0.882. The second-order valence-corrected chi connectivity index (χ2v) is 11.4. The molecule has 2 atom stereocenters. The smallest absolute Gasteiger partial charge is 0.187 e. The molecule has 0 aromatic heterocycles. The van der Waals surface area contributed by atoms with Crippen molar-refractivity contribution in [3.63, 3.8) is 0 Å². The van der Waals surface area contributed by atoms with Crippen molar-refractivity contribution in [3.05, 3.63) is 12.7 Å². The lowest BCUT2D eigenvalue weighted by Gasteiger charge is -2.27. The zero-order valence-electron chi connectivity index (χ0n) is 13.6. The normalized spacial score (nSPS) is 27.7. The van der Waals surface area contributed by atoms with Crippen LogP contribution in [-0.4, -0.2) is 14.4 Å². The lowest BCUT2D eigenvalue weighted by Crippen LogP contribution is -2.34. The Morgan fingerprint density at radius 1 is 1.05 bits per heavy atom. The van der Waals surface area contributed by atoms with Gasteiger partial charge in [0.15, 0.2) is 8.32 Å². The Balaban J connectivity index is 2.15. The third kappa shape index (κ3) is 6.76. The molecule has 0 saturated heterocycles. The van der Waals surface area contributed by atoms with E-state index >= 15 is 0 Å². The van der Waals surface area contributed by atoms with Crippen molar-refractivity contribution in [1.29, 1.82) is 0 Å². The van der Waals surface area contributed by atoms with Crippen LogP contribution in [0.2, 0.25) is 19.1 Å². The number of unbranched alkanes of at least 4 members (excludes halogenated alkanes) is 4. The highest BCUT2D eigenvalue weighted by atomic mass is 28.4. The second kappa shape index (κ2) is 8.26. The molecule has 1 nitrogen and oxygen atoms in total. The van der Waals surface area contributed by atoms with Crippen LogP contribution < -0.4 is 0 Å². The summed E-state index contributed by atoms with van der Waals surface area (Å²) < 4.78 is 6.49. The lowest BCUT2D eigenvalue weighted by atomic mass is 10.0. The molecule has 0 N–H and O–H groups in total. The average molecular weight is 283 g/mol. The maximum atomic E-state index is 6.49. The van der Waals surface area contributed by atoms with E-state index in [1.807, 2.05) is 6.08 Å². The summed E-state index contributed by atoms with van der Waals surface area (Å²) in [6.45, 7) is 13.3. The van der Waals surface area contributed by atoms with Crippen molar-refractivity contribution in [2.75, 3.05) is 0 Å². The van der Waals surface area contributed by atoms with Crippen LogP contribution in [0.3, 0.4) is 0 Å². The molecule has 0 aromatic rings. The second-order valence-electron chi connectivity index (χ2n) is 7.17. The van der Waals surface area contributed by atoms with Crippen molar-refractivity contribution >= 4 is 8.32 Å². The van der Waals surface area contributed by atoms with Crippen LogP contribution in [0.25, 0.3) is 0 Å². The van der Waals surface area contributed by atoms with E-state index in [1.165, 1.54) is 51.0 Å². The Morgan fingerprint density at radius 2 is 1.63 bits per heavy atom. The minimum atomic E-state index is -1.42. The van der Waals surface area contributed by atoms with Crippen molar-refractivity contribution in [1.82, 2.24) is 0 Å². The van der Waals surface area contributed by atoms with E-state index in [4.69, 9.17) is 4.43 Å². The highest BCUT2D eigenvalue weighted by Crippen LogP contribution is 2.35. The molecule has 1 fully saturated rings. The zero-order chi connectivity index (χ0) is 14.3. The van der Waals surface area contributed by atoms with Crippen LogP contribution in [0.1, 0.15) is 58.8 Å². The molecule has 0 radical (unpaired) electrons. The number of rotatable bonds is 9. The molecule has 2 heteroatoms. The molecular weight excluding hydrogens is 248 g/mol. The molecule has 2 unspecified atom stereocenters. The molecular formula is C17H34OSi. The van der Waals surface area contributed by atoms with E-state index in [0.29, 0.717) is 6.10 Å². The summed E-state index contributed by atoms with van der Waals surface area (Å²) in [5, 5.41) is 0. The first-order valence-corrected chi connectivity index (χ1v) is 11.3. The fourth-order valence-electron chi connectivity index (χ4n) is 3.19. The van der Waals surface area contributed by atoms with E-state index in [-0.39, 0.29) is 0 Å². The topological polar surface area (TPSA) is 9.23 Å². The Hall–Kier alpha value is -0.0831. The van der Waals surface area contributed by atoms with Gasteiger partial charge in [-0.3, -0.25) is 0 Å². The summed E-state index contributed by atoms with van der Waals surface area (Å²) >= 11 is 0. The van der Waals surface area contributed by atoms with Gasteiger partial charge in [-0.05, 0) is 56.7 Å². The first-order valence-electron chi connectivity index (χ1n) is 8.23. The number of hydrogen-bond donors (Lipinski definition) is 0. The summed E-state index contributed by atoms with van der Waals surface area (Å²) in [6, 6.07) is 1.33. The molecule has 0 aromatic carbocycles. The number of allylic oxidation sites excluding steroid dienone is 1. The van der Waals surface area contributed by atoms with Gasteiger partial charge in [-0.1, -0.05) is 39.2 Å². The predicted octanol–water partition coefficient (Wildman–Crippen LogP) is 5.78. The summed E-state index contributed by atoms with van der Waals surface area (Å²) in [6.07, 6.45) is 11.7. The first kappa shape index (κ1) is 17.0. The molecule has 0 spiro atoms. The predicted molar refractivity (Wildman–Crippen MR) is 88.0 cm³/mol. The van der Waals surface area contributed by atoms with Gasteiger partial charge >= 0.3 is 0 Å². The minimum Gasteiger partial charge on any atom is -0.414 e. The van der Waals surface area contributed by atoms with Crippen molar-refractivity contribution < 1.29 is 4.43 Å². The van der Waals surface area contributed by atoms with E-state index in [2.05, 4.69) is 33.5 Å². The van der Waals surface area contributed by atoms with Gasteiger partial charge in [-0.25, -0.2) is 0 Å². The molecule has 112 valence electrons. The fourth-order valence-corrected chi connectivity index (χ4v) is 5.50.